The molecule has 1 aromatic carbocycles. The third kappa shape index (κ3) is 15.5. The number of benzene rings is 1. The predicted octanol–water partition coefficient (Wildman–Crippen LogP) is 1.01. The number of carbonyl (C=O) groups is 3. The minimum Gasteiger partial charge on any atom is -0.480 e. The van der Waals surface area contributed by atoms with Gasteiger partial charge in [-0.05, 0) is 31.2 Å². The lowest BCUT2D eigenvalue weighted by atomic mass is 10.2. The van der Waals surface area contributed by atoms with Crippen LogP contribution in [0.1, 0.15) is 17.3 Å². The highest BCUT2D eigenvalue weighted by Crippen LogP contribution is 2.05. The molecule has 0 atom stereocenters. The van der Waals surface area contributed by atoms with Crippen LogP contribution in [0, 0.1) is 0 Å². The molecule has 0 saturated heterocycles. The summed E-state index contributed by atoms with van der Waals surface area (Å²) < 4.78 is 4.54. The molecule has 0 aliphatic carbocycles. The number of nitrogens with one attached hydrogen (secondary N) is 2. The van der Waals surface area contributed by atoms with E-state index in [9.17, 15) is 14.4 Å². The Bertz CT molecular complexity index is 391. The van der Waals surface area contributed by atoms with E-state index in [1.165, 1.54) is 0 Å². The van der Waals surface area contributed by atoms with E-state index in [0.29, 0.717) is 12.0 Å². The van der Waals surface area contributed by atoms with E-state index in [4.69, 9.17) is 5.11 Å². The summed E-state index contributed by atoms with van der Waals surface area (Å²) in [4.78, 5) is 29.1. The normalized spacial score (nSPS) is 8.14. The van der Waals surface area contributed by atoms with Gasteiger partial charge in [0.05, 0.1) is 0 Å². The third-order valence-corrected chi connectivity index (χ3v) is 1.96. The van der Waals surface area contributed by atoms with E-state index in [1.54, 1.807) is 19.2 Å². The van der Waals surface area contributed by atoms with Crippen molar-refractivity contribution in [2.45, 2.75) is 6.92 Å². The number of rotatable bonds is 6. The Morgan fingerprint density at radius 2 is 1.81 bits per heavy atom. The van der Waals surface area contributed by atoms with Gasteiger partial charge in [0.1, 0.15) is 12.8 Å². The largest absolute Gasteiger partial charge is 0.480 e. The Hall–Kier alpha value is -2.41. The summed E-state index contributed by atoms with van der Waals surface area (Å²) in [6.07, 6.45) is 1.17. The van der Waals surface area contributed by atoms with Gasteiger partial charge < -0.3 is 20.5 Å². The number of aldehydes is 1. The van der Waals surface area contributed by atoms with Crippen LogP contribution in [0.2, 0.25) is 0 Å². The zero-order valence-electron chi connectivity index (χ0n) is 12.5. The van der Waals surface area contributed by atoms with Gasteiger partial charge in [-0.3, -0.25) is 14.4 Å². The van der Waals surface area contributed by atoms with Crippen molar-refractivity contribution in [3.05, 3.63) is 29.8 Å². The van der Waals surface area contributed by atoms with Crippen LogP contribution >= 0.6 is 0 Å². The van der Waals surface area contributed by atoms with Crippen LogP contribution in [0.15, 0.2) is 24.3 Å². The molecule has 21 heavy (non-hydrogen) atoms. The Morgan fingerprint density at radius 1 is 1.29 bits per heavy atom. The Balaban J connectivity index is 0. The van der Waals surface area contributed by atoms with Crippen LogP contribution in [0.4, 0.5) is 5.69 Å². The van der Waals surface area contributed by atoms with E-state index in [1.807, 2.05) is 31.4 Å². The van der Waals surface area contributed by atoms with E-state index in [-0.39, 0.29) is 6.54 Å². The van der Waals surface area contributed by atoms with E-state index in [2.05, 4.69) is 10.1 Å². The maximum Gasteiger partial charge on any atom is 0.322 e. The number of carboxylic acids is 1. The molecule has 0 aliphatic rings. The SMILES string of the molecule is CCOC.CNc1ccc(C=O)cc1.O=CNCC(=O)O. The van der Waals surface area contributed by atoms with Crippen molar-refractivity contribution in [3.63, 3.8) is 0 Å². The standard InChI is InChI=1S/C8H9NO.C3H5NO3.C3H8O/c1-9-8-4-2-7(6-10)3-5-8;5-2-4-1-3(6)7;1-3-4-2/h2-6,9H,1H3;2H,1H2,(H,4,5)(H,6,7);3H2,1-2H3. The van der Waals surface area contributed by atoms with Crippen molar-refractivity contribution >= 4 is 24.4 Å². The summed E-state index contributed by atoms with van der Waals surface area (Å²) in [6, 6.07) is 7.28. The van der Waals surface area contributed by atoms with E-state index >= 15 is 0 Å². The van der Waals surface area contributed by atoms with E-state index < -0.39 is 5.97 Å². The maximum absolute atomic E-state index is 10.2. The molecule has 1 amide bonds. The Kier molecular flexibility index (Phi) is 15.6. The minimum atomic E-state index is -1.04. The summed E-state index contributed by atoms with van der Waals surface area (Å²) in [7, 11) is 3.52. The summed E-state index contributed by atoms with van der Waals surface area (Å²) in [5.74, 6) is -1.04. The van der Waals surface area contributed by atoms with Crippen molar-refractivity contribution < 1.29 is 24.2 Å². The monoisotopic (exact) mass is 298 g/mol. The first-order valence-corrected chi connectivity index (χ1v) is 6.16. The lowest BCUT2D eigenvalue weighted by Crippen LogP contribution is -2.20. The van der Waals surface area contributed by atoms with Crippen molar-refractivity contribution in [2.75, 3.05) is 32.6 Å². The molecule has 0 bridgehead atoms. The van der Waals surface area contributed by atoms with Crippen LogP contribution in [-0.2, 0) is 14.3 Å². The molecule has 7 heteroatoms. The lowest BCUT2D eigenvalue weighted by molar-refractivity contribution is -0.136. The molecule has 118 valence electrons. The van der Waals surface area contributed by atoms with Gasteiger partial charge in [0.2, 0.25) is 6.41 Å². The quantitative estimate of drug-likeness (QED) is 0.677. The van der Waals surface area contributed by atoms with Crippen molar-refractivity contribution in [3.8, 4) is 0 Å². The lowest BCUT2D eigenvalue weighted by Gasteiger charge is -1.97. The number of hydrogen-bond acceptors (Lipinski definition) is 5. The summed E-state index contributed by atoms with van der Waals surface area (Å²) in [6.45, 7) is 2.48. The van der Waals surface area contributed by atoms with Crippen molar-refractivity contribution in [1.82, 2.24) is 5.32 Å². The molecule has 1 aromatic rings. The second-order valence-corrected chi connectivity index (χ2v) is 3.46. The first-order chi connectivity index (χ1) is 10.0. The number of hydrogen-bond donors (Lipinski definition) is 3. The molecule has 7 nitrogen and oxygen atoms in total. The average Bonchev–Trinajstić information content (AvgIpc) is 2.53. The topological polar surface area (TPSA) is 105 Å². The Labute approximate surface area is 124 Å². The zero-order valence-corrected chi connectivity index (χ0v) is 12.5. The fourth-order valence-corrected chi connectivity index (χ4v) is 0.857. The summed E-state index contributed by atoms with van der Waals surface area (Å²) >= 11 is 0. The molecule has 1 rings (SSSR count). The predicted molar refractivity (Wildman–Crippen MR) is 80.6 cm³/mol. The minimum absolute atomic E-state index is 0.302. The number of ether oxygens (including phenoxy) is 1. The molecule has 0 heterocycles. The number of aliphatic carboxylic acids is 1. The summed E-state index contributed by atoms with van der Waals surface area (Å²) in [5, 5.41) is 12.8. The molecule has 0 radical (unpaired) electrons. The van der Waals surface area contributed by atoms with Crippen LogP contribution in [0.5, 0.6) is 0 Å². The first kappa shape index (κ1) is 20.9. The molecule has 0 aliphatic heterocycles. The summed E-state index contributed by atoms with van der Waals surface area (Å²) in [5.41, 5.74) is 1.73. The van der Waals surface area contributed by atoms with Gasteiger partial charge in [-0.25, -0.2) is 0 Å². The number of anilines is 1. The van der Waals surface area contributed by atoms with Crippen molar-refractivity contribution in [2.24, 2.45) is 0 Å². The van der Waals surface area contributed by atoms with Gasteiger partial charge in [-0.15, -0.1) is 0 Å². The molecular formula is C14H22N2O5. The van der Waals surface area contributed by atoms with Gasteiger partial charge in [-0.1, -0.05) is 0 Å². The first-order valence-electron chi connectivity index (χ1n) is 6.16. The molecule has 0 fully saturated rings. The molecular weight excluding hydrogens is 276 g/mol. The number of methoxy groups -OCH3 is 1. The number of carbonyl (C=O) groups excluding carboxylic acids is 2. The molecule has 0 aromatic heterocycles. The van der Waals surface area contributed by atoms with Crippen molar-refractivity contribution in [1.29, 1.82) is 0 Å². The second-order valence-electron chi connectivity index (χ2n) is 3.46. The number of carboxylic acid groups (broad SMARTS) is 1. The van der Waals surface area contributed by atoms with Crippen LogP contribution in [0.3, 0.4) is 0 Å². The molecule has 0 spiro atoms. The Morgan fingerprint density at radius 3 is 2.05 bits per heavy atom. The molecule has 0 saturated carbocycles. The van der Waals surface area contributed by atoms with Gasteiger partial charge in [0.25, 0.3) is 0 Å². The highest BCUT2D eigenvalue weighted by Gasteiger charge is 1.89. The third-order valence-electron chi connectivity index (χ3n) is 1.96. The van der Waals surface area contributed by atoms with Gasteiger partial charge in [0.15, 0.2) is 0 Å². The fourth-order valence-electron chi connectivity index (χ4n) is 0.857. The van der Waals surface area contributed by atoms with Gasteiger partial charge in [0, 0.05) is 32.0 Å². The van der Waals surface area contributed by atoms with E-state index in [0.717, 1.165) is 18.6 Å². The number of amides is 1. The molecule has 3 N–H and O–H groups in total. The smallest absolute Gasteiger partial charge is 0.322 e. The second kappa shape index (κ2) is 15.6. The van der Waals surface area contributed by atoms with Gasteiger partial charge in [-0.2, -0.15) is 0 Å². The average molecular weight is 298 g/mol. The van der Waals surface area contributed by atoms with Crippen LogP contribution in [-0.4, -0.2) is 51.1 Å². The van der Waals surface area contributed by atoms with Crippen LogP contribution in [0.25, 0.3) is 0 Å². The zero-order chi connectivity index (χ0) is 16.5. The van der Waals surface area contributed by atoms with Gasteiger partial charge >= 0.3 is 5.97 Å². The highest BCUT2D eigenvalue weighted by molar-refractivity contribution is 5.75. The fraction of sp³-hybridized carbons (Fsp3) is 0.357. The highest BCUT2D eigenvalue weighted by atomic mass is 16.5. The molecule has 0 unspecified atom stereocenters. The maximum atomic E-state index is 10.2. The van der Waals surface area contributed by atoms with Crippen LogP contribution < -0.4 is 10.6 Å².